The molecule has 1 unspecified atom stereocenters. The third kappa shape index (κ3) is 3.52. The minimum Gasteiger partial charge on any atom is -0.467 e. The molecule has 21 heavy (non-hydrogen) atoms. The van der Waals surface area contributed by atoms with Crippen LogP contribution >= 0.6 is 0 Å². The first-order valence-corrected chi connectivity index (χ1v) is 7.36. The number of hydrogen-bond acceptors (Lipinski definition) is 3. The minimum atomic E-state index is -0.253. The van der Waals surface area contributed by atoms with Crippen molar-refractivity contribution in [2.24, 2.45) is 5.73 Å². The standard InChI is InChI=1S/C17H20N2O2/c18-16(13-5-2-1-3-6-13)11-17(20)19(14-8-9-14)12-15-7-4-10-21-15/h1-7,10,14,16H,8-9,11-12,18H2. The number of benzene rings is 1. The predicted octanol–water partition coefficient (Wildman–Crippen LogP) is 2.86. The van der Waals surface area contributed by atoms with Gasteiger partial charge >= 0.3 is 0 Å². The van der Waals surface area contributed by atoms with Gasteiger partial charge in [-0.2, -0.15) is 0 Å². The molecule has 1 saturated carbocycles. The summed E-state index contributed by atoms with van der Waals surface area (Å²) in [4.78, 5) is 14.4. The zero-order valence-corrected chi connectivity index (χ0v) is 11.9. The monoisotopic (exact) mass is 284 g/mol. The van der Waals surface area contributed by atoms with Crippen molar-refractivity contribution in [1.29, 1.82) is 0 Å². The summed E-state index contributed by atoms with van der Waals surface area (Å²) in [7, 11) is 0. The molecule has 0 saturated heterocycles. The highest BCUT2D eigenvalue weighted by Crippen LogP contribution is 2.30. The fourth-order valence-electron chi connectivity index (χ4n) is 2.50. The predicted molar refractivity (Wildman–Crippen MR) is 80.3 cm³/mol. The van der Waals surface area contributed by atoms with E-state index in [0.717, 1.165) is 24.2 Å². The van der Waals surface area contributed by atoms with Crippen LogP contribution in [0, 0.1) is 0 Å². The second-order valence-electron chi connectivity index (χ2n) is 5.55. The van der Waals surface area contributed by atoms with Crippen molar-refractivity contribution in [3.63, 3.8) is 0 Å². The van der Waals surface area contributed by atoms with E-state index in [1.165, 1.54) is 0 Å². The van der Waals surface area contributed by atoms with Crippen molar-refractivity contribution < 1.29 is 9.21 Å². The molecule has 1 heterocycles. The van der Waals surface area contributed by atoms with E-state index in [2.05, 4.69) is 0 Å². The highest BCUT2D eigenvalue weighted by molar-refractivity contribution is 5.77. The molecule has 0 bridgehead atoms. The Kier molecular flexibility index (Phi) is 4.06. The van der Waals surface area contributed by atoms with Gasteiger partial charge in [0.2, 0.25) is 5.91 Å². The van der Waals surface area contributed by atoms with Crippen molar-refractivity contribution in [2.75, 3.05) is 0 Å². The summed E-state index contributed by atoms with van der Waals surface area (Å²) in [5, 5.41) is 0. The molecular weight excluding hydrogens is 264 g/mol. The molecule has 1 aromatic heterocycles. The molecule has 1 aliphatic rings. The summed E-state index contributed by atoms with van der Waals surface area (Å²) in [5.41, 5.74) is 7.16. The molecule has 2 N–H and O–H groups in total. The van der Waals surface area contributed by atoms with Crippen molar-refractivity contribution in [3.05, 3.63) is 60.1 Å². The third-order valence-corrected chi connectivity index (χ3v) is 3.84. The van der Waals surface area contributed by atoms with Crippen LogP contribution in [0.3, 0.4) is 0 Å². The van der Waals surface area contributed by atoms with Gasteiger partial charge in [0, 0.05) is 18.5 Å². The summed E-state index contributed by atoms with van der Waals surface area (Å²) < 4.78 is 5.36. The van der Waals surface area contributed by atoms with Crippen molar-refractivity contribution in [2.45, 2.75) is 37.9 Å². The van der Waals surface area contributed by atoms with Gasteiger partial charge in [-0.1, -0.05) is 30.3 Å². The maximum absolute atomic E-state index is 12.5. The van der Waals surface area contributed by atoms with Crippen LogP contribution in [-0.4, -0.2) is 16.8 Å². The average Bonchev–Trinajstić information content (AvgIpc) is 3.21. The van der Waals surface area contributed by atoms with Crippen LogP contribution in [0.4, 0.5) is 0 Å². The Bertz CT molecular complexity index is 576. The molecule has 1 aromatic carbocycles. The summed E-state index contributed by atoms with van der Waals surface area (Å²) in [5.74, 6) is 0.925. The Hall–Kier alpha value is -2.07. The lowest BCUT2D eigenvalue weighted by Crippen LogP contribution is -2.34. The molecule has 1 amide bonds. The van der Waals surface area contributed by atoms with Crippen molar-refractivity contribution >= 4 is 5.91 Å². The molecule has 4 nitrogen and oxygen atoms in total. The second-order valence-corrected chi connectivity index (χ2v) is 5.55. The first-order chi connectivity index (χ1) is 10.2. The highest BCUT2D eigenvalue weighted by Gasteiger charge is 2.33. The zero-order valence-electron chi connectivity index (χ0n) is 11.9. The fraction of sp³-hybridized carbons (Fsp3) is 0.353. The fourth-order valence-corrected chi connectivity index (χ4v) is 2.50. The number of amides is 1. The Balaban J connectivity index is 1.64. The van der Waals surface area contributed by atoms with Crippen molar-refractivity contribution in [3.8, 4) is 0 Å². The number of nitrogens with two attached hydrogens (primary N) is 1. The maximum Gasteiger partial charge on any atom is 0.225 e. The van der Waals surface area contributed by atoms with E-state index in [0.29, 0.717) is 19.0 Å². The molecule has 4 heteroatoms. The summed E-state index contributed by atoms with van der Waals surface area (Å²) >= 11 is 0. The summed E-state index contributed by atoms with van der Waals surface area (Å²) in [6.45, 7) is 0.540. The van der Waals surface area contributed by atoms with Crippen LogP contribution < -0.4 is 5.73 Å². The normalized spacial score (nSPS) is 15.7. The Morgan fingerprint density at radius 1 is 1.24 bits per heavy atom. The number of carbonyl (C=O) groups excluding carboxylic acids is 1. The van der Waals surface area contributed by atoms with Crippen LogP contribution in [-0.2, 0) is 11.3 Å². The smallest absolute Gasteiger partial charge is 0.225 e. The van der Waals surface area contributed by atoms with Gasteiger partial charge in [0.1, 0.15) is 5.76 Å². The molecule has 0 radical (unpaired) electrons. The molecule has 0 spiro atoms. The van der Waals surface area contributed by atoms with Gasteiger partial charge in [-0.25, -0.2) is 0 Å². The quantitative estimate of drug-likeness (QED) is 0.887. The number of nitrogens with zero attached hydrogens (tertiary/aromatic N) is 1. The summed E-state index contributed by atoms with van der Waals surface area (Å²) in [6.07, 6.45) is 4.13. The van der Waals surface area contributed by atoms with Gasteiger partial charge in [-0.3, -0.25) is 4.79 Å². The molecule has 3 rings (SSSR count). The van der Waals surface area contributed by atoms with Gasteiger partial charge in [0.05, 0.1) is 12.8 Å². The second kappa shape index (κ2) is 6.14. The molecule has 110 valence electrons. The van der Waals surface area contributed by atoms with E-state index in [-0.39, 0.29) is 11.9 Å². The molecular formula is C17H20N2O2. The van der Waals surface area contributed by atoms with Crippen LogP contribution in [0.15, 0.2) is 53.1 Å². The number of rotatable bonds is 6. The average molecular weight is 284 g/mol. The van der Waals surface area contributed by atoms with Crippen LogP contribution in [0.5, 0.6) is 0 Å². The summed E-state index contributed by atoms with van der Waals surface area (Å²) in [6, 6.07) is 13.6. The van der Waals surface area contributed by atoms with Crippen LogP contribution in [0.25, 0.3) is 0 Å². The van der Waals surface area contributed by atoms with Gasteiger partial charge < -0.3 is 15.1 Å². The van der Waals surface area contributed by atoms with Gasteiger partial charge in [0.15, 0.2) is 0 Å². The van der Waals surface area contributed by atoms with Gasteiger partial charge in [0.25, 0.3) is 0 Å². The molecule has 1 fully saturated rings. The van der Waals surface area contributed by atoms with E-state index < -0.39 is 0 Å². The molecule has 1 aliphatic carbocycles. The van der Waals surface area contributed by atoms with Gasteiger partial charge in [-0.15, -0.1) is 0 Å². The van der Waals surface area contributed by atoms with E-state index >= 15 is 0 Å². The third-order valence-electron chi connectivity index (χ3n) is 3.84. The first-order valence-electron chi connectivity index (χ1n) is 7.36. The maximum atomic E-state index is 12.5. The minimum absolute atomic E-state index is 0.102. The lowest BCUT2D eigenvalue weighted by Gasteiger charge is -2.23. The Morgan fingerprint density at radius 2 is 2.00 bits per heavy atom. The topological polar surface area (TPSA) is 59.5 Å². The number of furan rings is 1. The lowest BCUT2D eigenvalue weighted by atomic mass is 10.0. The van der Waals surface area contributed by atoms with E-state index in [4.69, 9.17) is 10.2 Å². The number of hydrogen-bond donors (Lipinski definition) is 1. The Morgan fingerprint density at radius 3 is 2.62 bits per heavy atom. The Labute approximate surface area is 124 Å². The van der Waals surface area contributed by atoms with Crippen LogP contribution in [0.1, 0.15) is 36.6 Å². The molecule has 1 atom stereocenters. The number of carbonyl (C=O) groups is 1. The van der Waals surface area contributed by atoms with Gasteiger partial charge in [-0.05, 0) is 30.5 Å². The molecule has 0 aliphatic heterocycles. The zero-order chi connectivity index (χ0) is 14.7. The largest absolute Gasteiger partial charge is 0.467 e. The van der Waals surface area contributed by atoms with Crippen LogP contribution in [0.2, 0.25) is 0 Å². The lowest BCUT2D eigenvalue weighted by molar-refractivity contribution is -0.133. The first kappa shape index (κ1) is 13.9. The van der Waals surface area contributed by atoms with Crippen molar-refractivity contribution in [1.82, 2.24) is 4.90 Å². The molecule has 2 aromatic rings. The van der Waals surface area contributed by atoms with E-state index in [9.17, 15) is 4.79 Å². The highest BCUT2D eigenvalue weighted by atomic mass is 16.3. The van der Waals surface area contributed by atoms with E-state index in [1.807, 2.05) is 47.4 Å². The SMILES string of the molecule is NC(CC(=O)N(Cc1ccco1)C1CC1)c1ccccc1. The van der Waals surface area contributed by atoms with E-state index in [1.54, 1.807) is 6.26 Å².